The zero-order chi connectivity index (χ0) is 12.0. The molecule has 1 heterocycles. The van der Waals surface area contributed by atoms with Gasteiger partial charge < -0.3 is 15.2 Å². The average Bonchev–Trinajstić information content (AvgIpc) is 2.65. The van der Waals surface area contributed by atoms with Gasteiger partial charge in [0.05, 0.1) is 0 Å². The first-order chi connectivity index (χ1) is 8.13. The lowest BCUT2D eigenvalue weighted by molar-refractivity contribution is -0.138. The van der Waals surface area contributed by atoms with E-state index in [4.69, 9.17) is 15.2 Å². The molecule has 2 N–H and O–H groups in total. The Morgan fingerprint density at radius 1 is 1.35 bits per heavy atom. The van der Waals surface area contributed by atoms with Gasteiger partial charge in [0.25, 0.3) is 5.79 Å². The summed E-state index contributed by atoms with van der Waals surface area (Å²) in [5.41, 5.74) is 6.90. The van der Waals surface area contributed by atoms with E-state index in [-0.39, 0.29) is 5.79 Å². The Kier molecular flexibility index (Phi) is 2.60. The molecule has 1 aromatic carbocycles. The number of benzene rings is 1. The lowest BCUT2D eigenvalue weighted by atomic mass is 9.91. The van der Waals surface area contributed by atoms with Gasteiger partial charge in [0.15, 0.2) is 11.5 Å². The standard InChI is InChI=1S/C13H16BrNO2/c1-8(7-15)9-5-11-12(6-10(9)14)17-13(16-11)3-2-4-13/h5-6,8H,2-4,7,15H2,1H3. The summed E-state index contributed by atoms with van der Waals surface area (Å²) >= 11 is 3.58. The van der Waals surface area contributed by atoms with Crippen molar-refractivity contribution in [2.75, 3.05) is 6.54 Å². The van der Waals surface area contributed by atoms with Crippen LogP contribution in [0.25, 0.3) is 0 Å². The van der Waals surface area contributed by atoms with Gasteiger partial charge >= 0.3 is 0 Å². The smallest absolute Gasteiger partial charge is 0.251 e. The molecule has 1 atom stereocenters. The van der Waals surface area contributed by atoms with Crippen LogP contribution in [0.2, 0.25) is 0 Å². The largest absolute Gasteiger partial charge is 0.448 e. The minimum absolute atomic E-state index is 0.316. The van der Waals surface area contributed by atoms with E-state index >= 15 is 0 Å². The predicted octanol–water partition coefficient (Wildman–Crippen LogP) is 3.16. The Morgan fingerprint density at radius 3 is 2.53 bits per heavy atom. The highest BCUT2D eigenvalue weighted by atomic mass is 79.9. The molecule has 0 bridgehead atoms. The number of hydrogen-bond acceptors (Lipinski definition) is 3. The van der Waals surface area contributed by atoms with Crippen molar-refractivity contribution in [2.45, 2.75) is 37.9 Å². The summed E-state index contributed by atoms with van der Waals surface area (Å²) in [5.74, 6) is 1.68. The zero-order valence-corrected chi connectivity index (χ0v) is 11.4. The van der Waals surface area contributed by atoms with Gasteiger partial charge in [-0.15, -0.1) is 0 Å². The molecule has 1 spiro atoms. The van der Waals surface area contributed by atoms with Gasteiger partial charge in [-0.1, -0.05) is 22.9 Å². The van der Waals surface area contributed by atoms with Crippen molar-refractivity contribution in [1.82, 2.24) is 0 Å². The maximum Gasteiger partial charge on any atom is 0.251 e. The number of nitrogens with two attached hydrogens (primary N) is 1. The van der Waals surface area contributed by atoms with Crippen molar-refractivity contribution < 1.29 is 9.47 Å². The van der Waals surface area contributed by atoms with Crippen LogP contribution in [0.1, 0.15) is 37.7 Å². The van der Waals surface area contributed by atoms with E-state index in [1.54, 1.807) is 0 Å². The lowest BCUT2D eigenvalue weighted by Gasteiger charge is -2.35. The molecule has 1 aromatic rings. The predicted molar refractivity (Wildman–Crippen MR) is 69.4 cm³/mol. The highest BCUT2D eigenvalue weighted by molar-refractivity contribution is 9.10. The first-order valence-corrected chi connectivity index (χ1v) is 6.84. The van der Waals surface area contributed by atoms with Gasteiger partial charge in [-0.25, -0.2) is 0 Å². The molecule has 1 aliphatic heterocycles. The second-order valence-corrected chi connectivity index (χ2v) is 5.78. The van der Waals surface area contributed by atoms with Gasteiger partial charge in [-0.05, 0) is 36.6 Å². The fraction of sp³-hybridized carbons (Fsp3) is 0.538. The molecule has 0 radical (unpaired) electrons. The van der Waals surface area contributed by atoms with Gasteiger partial charge in [0.1, 0.15) is 0 Å². The van der Waals surface area contributed by atoms with Crippen LogP contribution in [-0.2, 0) is 0 Å². The summed E-state index contributed by atoms with van der Waals surface area (Å²) < 4.78 is 12.9. The molecule has 1 aliphatic carbocycles. The molecular formula is C13H16BrNO2. The second-order valence-electron chi connectivity index (χ2n) is 4.93. The lowest BCUT2D eigenvalue weighted by Crippen LogP contribution is -2.45. The molecule has 1 fully saturated rings. The van der Waals surface area contributed by atoms with E-state index in [1.165, 1.54) is 12.0 Å². The first-order valence-electron chi connectivity index (χ1n) is 6.05. The third-order valence-electron chi connectivity index (χ3n) is 3.65. The van der Waals surface area contributed by atoms with Crippen molar-refractivity contribution in [2.24, 2.45) is 5.73 Å². The minimum Gasteiger partial charge on any atom is -0.448 e. The highest BCUT2D eigenvalue weighted by Crippen LogP contribution is 2.50. The van der Waals surface area contributed by atoms with Crippen LogP contribution in [0, 0.1) is 0 Å². The van der Waals surface area contributed by atoms with Crippen LogP contribution in [0.4, 0.5) is 0 Å². The van der Waals surface area contributed by atoms with E-state index in [1.807, 2.05) is 6.07 Å². The molecule has 3 nitrogen and oxygen atoms in total. The number of fused-ring (bicyclic) bond motifs is 1. The molecular weight excluding hydrogens is 282 g/mol. The first kappa shape index (κ1) is 11.4. The van der Waals surface area contributed by atoms with Gasteiger partial charge in [0.2, 0.25) is 0 Å². The van der Waals surface area contributed by atoms with Crippen LogP contribution in [0.5, 0.6) is 11.5 Å². The highest BCUT2D eigenvalue weighted by Gasteiger charge is 2.47. The molecule has 92 valence electrons. The summed E-state index contributed by atoms with van der Waals surface area (Å²) in [6.45, 7) is 2.74. The van der Waals surface area contributed by atoms with Gasteiger partial charge in [-0.2, -0.15) is 0 Å². The number of ether oxygens (including phenoxy) is 2. The Hall–Kier alpha value is -0.740. The average molecular weight is 298 g/mol. The summed E-state index contributed by atoms with van der Waals surface area (Å²) in [4.78, 5) is 0. The van der Waals surface area contributed by atoms with Crippen molar-refractivity contribution in [1.29, 1.82) is 0 Å². The fourth-order valence-electron chi connectivity index (χ4n) is 2.31. The molecule has 17 heavy (non-hydrogen) atoms. The monoisotopic (exact) mass is 297 g/mol. The number of halogens is 1. The summed E-state index contributed by atoms with van der Waals surface area (Å²) in [6, 6.07) is 4.06. The van der Waals surface area contributed by atoms with Crippen LogP contribution in [-0.4, -0.2) is 12.3 Å². The van der Waals surface area contributed by atoms with E-state index in [9.17, 15) is 0 Å². The maximum absolute atomic E-state index is 5.94. The quantitative estimate of drug-likeness (QED) is 0.912. The summed E-state index contributed by atoms with van der Waals surface area (Å²) in [7, 11) is 0. The fourth-order valence-corrected chi connectivity index (χ4v) is 3.02. The Balaban J connectivity index is 1.95. The molecule has 0 amide bonds. The van der Waals surface area contributed by atoms with Crippen molar-refractivity contribution in [3.63, 3.8) is 0 Å². The van der Waals surface area contributed by atoms with Crippen LogP contribution in [0.15, 0.2) is 16.6 Å². The van der Waals surface area contributed by atoms with E-state index in [0.29, 0.717) is 12.5 Å². The van der Waals surface area contributed by atoms with E-state index in [0.717, 1.165) is 28.8 Å². The maximum atomic E-state index is 5.94. The van der Waals surface area contributed by atoms with E-state index < -0.39 is 0 Å². The Bertz CT molecular complexity index is 457. The molecule has 1 unspecified atom stereocenters. The Morgan fingerprint density at radius 2 is 2.00 bits per heavy atom. The molecule has 3 rings (SSSR count). The summed E-state index contributed by atoms with van der Waals surface area (Å²) in [6.07, 6.45) is 3.16. The van der Waals surface area contributed by atoms with E-state index in [2.05, 4.69) is 28.9 Å². The molecule has 2 aliphatic rings. The topological polar surface area (TPSA) is 44.5 Å². The number of hydrogen-bond donors (Lipinski definition) is 1. The van der Waals surface area contributed by atoms with Crippen molar-refractivity contribution in [3.05, 3.63) is 22.2 Å². The summed E-state index contributed by atoms with van der Waals surface area (Å²) in [5, 5.41) is 0. The third-order valence-corrected chi connectivity index (χ3v) is 4.34. The van der Waals surface area contributed by atoms with Crippen molar-refractivity contribution in [3.8, 4) is 11.5 Å². The second kappa shape index (κ2) is 3.89. The Labute approximate surface area is 109 Å². The van der Waals surface area contributed by atoms with Gasteiger partial charge in [0, 0.05) is 17.3 Å². The number of rotatable bonds is 2. The molecule has 4 heteroatoms. The molecule has 0 saturated heterocycles. The van der Waals surface area contributed by atoms with Gasteiger partial charge in [-0.3, -0.25) is 0 Å². The zero-order valence-electron chi connectivity index (χ0n) is 9.83. The van der Waals surface area contributed by atoms with Crippen LogP contribution in [0.3, 0.4) is 0 Å². The molecule has 1 saturated carbocycles. The normalized spacial score (nSPS) is 21.4. The SMILES string of the molecule is CC(CN)c1cc2c(cc1Br)OC1(CCC1)O2. The molecule has 0 aromatic heterocycles. The van der Waals surface area contributed by atoms with Crippen LogP contribution < -0.4 is 15.2 Å². The van der Waals surface area contributed by atoms with Crippen molar-refractivity contribution >= 4 is 15.9 Å². The minimum atomic E-state index is -0.355. The van der Waals surface area contributed by atoms with Crippen LogP contribution >= 0.6 is 15.9 Å². The third kappa shape index (κ3) is 1.74.